The normalized spacial score (nSPS) is 16.4. The molecule has 1 aromatic rings. The highest BCUT2D eigenvalue weighted by molar-refractivity contribution is 5.99. The highest BCUT2D eigenvalue weighted by atomic mass is 16.2. The average molecular weight is 247 g/mol. The van der Waals surface area contributed by atoms with Crippen LogP contribution < -0.4 is 15.5 Å². The van der Waals surface area contributed by atoms with Gasteiger partial charge in [-0.05, 0) is 18.6 Å². The second-order valence-electron chi connectivity index (χ2n) is 4.74. The summed E-state index contributed by atoms with van der Waals surface area (Å²) in [6.07, 6.45) is 0.795. The third-order valence-corrected chi connectivity index (χ3v) is 3.64. The van der Waals surface area contributed by atoms with E-state index in [4.69, 9.17) is 5.73 Å². The summed E-state index contributed by atoms with van der Waals surface area (Å²) in [6, 6.07) is 8.04. The van der Waals surface area contributed by atoms with Crippen LogP contribution in [0.4, 0.5) is 11.4 Å². The third-order valence-electron chi connectivity index (χ3n) is 3.64. The number of fused-ring (bicyclic) bond motifs is 1. The van der Waals surface area contributed by atoms with Gasteiger partial charge in [0.1, 0.15) is 0 Å². The van der Waals surface area contributed by atoms with Crippen molar-refractivity contribution in [2.45, 2.75) is 13.3 Å². The van der Waals surface area contributed by atoms with Gasteiger partial charge in [-0.1, -0.05) is 19.1 Å². The molecule has 0 bridgehead atoms. The zero-order chi connectivity index (χ0) is 13.1. The predicted molar refractivity (Wildman–Crippen MR) is 74.9 cm³/mol. The Balaban J connectivity index is 2.31. The molecular weight excluding hydrogens is 226 g/mol. The summed E-state index contributed by atoms with van der Waals surface area (Å²) in [4.78, 5) is 16.5. The van der Waals surface area contributed by atoms with E-state index in [2.05, 4.69) is 18.0 Å². The zero-order valence-electron chi connectivity index (χ0n) is 11.1. The first-order chi connectivity index (χ1) is 8.69. The van der Waals surface area contributed by atoms with Crippen LogP contribution in [0.2, 0.25) is 0 Å². The van der Waals surface area contributed by atoms with Gasteiger partial charge in [0, 0.05) is 26.7 Å². The minimum atomic E-state index is -0.0681. The van der Waals surface area contributed by atoms with E-state index in [1.165, 1.54) is 0 Å². The maximum atomic E-state index is 12.5. The van der Waals surface area contributed by atoms with E-state index in [1.807, 2.05) is 30.0 Å². The fourth-order valence-electron chi connectivity index (χ4n) is 2.40. The molecular formula is C14H21N3O. The van der Waals surface area contributed by atoms with E-state index in [1.54, 1.807) is 0 Å². The van der Waals surface area contributed by atoms with Gasteiger partial charge in [-0.3, -0.25) is 4.79 Å². The molecule has 18 heavy (non-hydrogen) atoms. The molecule has 1 aliphatic heterocycles. The molecule has 2 rings (SSSR count). The van der Waals surface area contributed by atoms with Crippen molar-refractivity contribution in [2.24, 2.45) is 11.7 Å². The van der Waals surface area contributed by atoms with E-state index >= 15 is 0 Å². The van der Waals surface area contributed by atoms with Gasteiger partial charge < -0.3 is 15.5 Å². The lowest BCUT2D eigenvalue weighted by molar-refractivity contribution is -0.122. The number of nitrogens with zero attached hydrogens (tertiary/aromatic N) is 2. The van der Waals surface area contributed by atoms with Crippen molar-refractivity contribution in [3.63, 3.8) is 0 Å². The molecule has 0 aromatic heterocycles. The topological polar surface area (TPSA) is 49.6 Å². The second-order valence-corrected chi connectivity index (χ2v) is 4.74. The minimum Gasteiger partial charge on any atom is -0.371 e. The first kappa shape index (κ1) is 12.9. The van der Waals surface area contributed by atoms with Crippen LogP contribution in [0.15, 0.2) is 24.3 Å². The van der Waals surface area contributed by atoms with E-state index in [0.29, 0.717) is 6.54 Å². The molecule has 0 fully saturated rings. The van der Waals surface area contributed by atoms with E-state index in [0.717, 1.165) is 30.9 Å². The summed E-state index contributed by atoms with van der Waals surface area (Å²) >= 11 is 0. The smallest absolute Gasteiger partial charge is 0.231 e. The van der Waals surface area contributed by atoms with Gasteiger partial charge in [0.25, 0.3) is 0 Å². The number of benzene rings is 1. The molecule has 1 amide bonds. The summed E-state index contributed by atoms with van der Waals surface area (Å²) in [6.45, 7) is 4.04. The summed E-state index contributed by atoms with van der Waals surface area (Å²) in [5, 5.41) is 0. The highest BCUT2D eigenvalue weighted by Gasteiger charge is 2.28. The molecule has 1 heterocycles. The molecule has 0 saturated heterocycles. The number of carbonyl (C=O) groups is 1. The summed E-state index contributed by atoms with van der Waals surface area (Å²) in [7, 11) is 2.06. The van der Waals surface area contributed by atoms with Crippen LogP contribution >= 0.6 is 0 Å². The van der Waals surface area contributed by atoms with Gasteiger partial charge >= 0.3 is 0 Å². The Kier molecular flexibility index (Phi) is 3.87. The first-order valence-corrected chi connectivity index (χ1v) is 6.50. The van der Waals surface area contributed by atoms with E-state index in [-0.39, 0.29) is 11.8 Å². The minimum absolute atomic E-state index is 0.0681. The maximum Gasteiger partial charge on any atom is 0.231 e. The van der Waals surface area contributed by atoms with Crippen molar-refractivity contribution in [1.29, 1.82) is 0 Å². The Labute approximate surface area is 108 Å². The van der Waals surface area contributed by atoms with Crippen LogP contribution in [0.5, 0.6) is 0 Å². The molecule has 1 aliphatic rings. The van der Waals surface area contributed by atoms with Crippen molar-refractivity contribution < 1.29 is 4.79 Å². The number of likely N-dealkylation sites (N-methyl/N-ethyl adjacent to an activating group) is 1. The fourth-order valence-corrected chi connectivity index (χ4v) is 2.40. The molecule has 0 aliphatic carbocycles. The fraction of sp³-hybridized carbons (Fsp3) is 0.500. The van der Waals surface area contributed by atoms with E-state index in [9.17, 15) is 4.79 Å². The van der Waals surface area contributed by atoms with Gasteiger partial charge in [0.2, 0.25) is 5.91 Å². The summed E-state index contributed by atoms with van der Waals surface area (Å²) in [5.74, 6) is 0.0852. The maximum absolute atomic E-state index is 12.5. The molecule has 0 radical (unpaired) electrons. The Bertz CT molecular complexity index is 429. The monoisotopic (exact) mass is 247 g/mol. The van der Waals surface area contributed by atoms with Crippen molar-refractivity contribution >= 4 is 17.3 Å². The Morgan fingerprint density at radius 2 is 2.00 bits per heavy atom. The van der Waals surface area contributed by atoms with Crippen LogP contribution in [-0.4, -0.2) is 32.6 Å². The van der Waals surface area contributed by atoms with Gasteiger partial charge in [-0.15, -0.1) is 0 Å². The Morgan fingerprint density at radius 3 is 2.61 bits per heavy atom. The number of amides is 1. The zero-order valence-corrected chi connectivity index (χ0v) is 11.1. The number of anilines is 2. The van der Waals surface area contributed by atoms with E-state index < -0.39 is 0 Å². The number of rotatable bonds is 3. The largest absolute Gasteiger partial charge is 0.371 e. The lowest BCUT2D eigenvalue weighted by Gasteiger charge is -2.37. The lowest BCUT2D eigenvalue weighted by Crippen LogP contribution is -2.46. The molecule has 0 spiro atoms. The van der Waals surface area contributed by atoms with Crippen LogP contribution in [0.3, 0.4) is 0 Å². The first-order valence-electron chi connectivity index (χ1n) is 6.50. The number of nitrogens with two attached hydrogens (primary N) is 1. The molecule has 1 unspecified atom stereocenters. The van der Waals surface area contributed by atoms with Crippen LogP contribution in [-0.2, 0) is 4.79 Å². The van der Waals surface area contributed by atoms with Crippen molar-refractivity contribution in [3.8, 4) is 0 Å². The molecule has 2 N–H and O–H groups in total. The third kappa shape index (κ3) is 2.20. The summed E-state index contributed by atoms with van der Waals surface area (Å²) < 4.78 is 0. The van der Waals surface area contributed by atoms with Gasteiger partial charge in [-0.2, -0.15) is 0 Å². The summed E-state index contributed by atoms with van der Waals surface area (Å²) in [5.41, 5.74) is 7.80. The quantitative estimate of drug-likeness (QED) is 0.879. The van der Waals surface area contributed by atoms with Gasteiger partial charge in [-0.25, -0.2) is 0 Å². The molecule has 1 atom stereocenters. The van der Waals surface area contributed by atoms with Crippen LogP contribution in [0, 0.1) is 5.92 Å². The lowest BCUT2D eigenvalue weighted by atomic mass is 10.0. The SMILES string of the molecule is CCC(CN)C(=O)N1CCN(C)c2ccccc21. The molecule has 4 nitrogen and oxygen atoms in total. The van der Waals surface area contributed by atoms with Crippen molar-refractivity contribution in [2.75, 3.05) is 36.5 Å². The van der Waals surface area contributed by atoms with Gasteiger partial charge in [0.05, 0.1) is 17.3 Å². The predicted octanol–water partition coefficient (Wildman–Crippen LogP) is 1.45. The molecule has 1 aromatic carbocycles. The standard InChI is InChI=1S/C14H21N3O/c1-3-11(10-15)14(18)17-9-8-16(2)12-6-4-5-7-13(12)17/h4-7,11H,3,8-10,15H2,1-2H3. The highest BCUT2D eigenvalue weighted by Crippen LogP contribution is 2.32. The second kappa shape index (κ2) is 5.40. The number of hydrogen-bond donors (Lipinski definition) is 1. The molecule has 4 heteroatoms. The molecule has 0 saturated carbocycles. The number of para-hydroxylation sites is 2. The number of carbonyl (C=O) groups excluding carboxylic acids is 1. The van der Waals surface area contributed by atoms with Crippen molar-refractivity contribution in [3.05, 3.63) is 24.3 Å². The Morgan fingerprint density at radius 1 is 1.33 bits per heavy atom. The average Bonchev–Trinajstić information content (AvgIpc) is 2.41. The Hall–Kier alpha value is -1.55. The van der Waals surface area contributed by atoms with Crippen LogP contribution in [0.1, 0.15) is 13.3 Å². The van der Waals surface area contributed by atoms with Crippen LogP contribution in [0.25, 0.3) is 0 Å². The number of hydrogen-bond acceptors (Lipinski definition) is 3. The van der Waals surface area contributed by atoms with Gasteiger partial charge in [0.15, 0.2) is 0 Å². The van der Waals surface area contributed by atoms with Crippen molar-refractivity contribution in [1.82, 2.24) is 0 Å². The molecule has 98 valence electrons.